The van der Waals surface area contributed by atoms with Crippen LogP contribution in [0.15, 0.2) is 27.8 Å². The van der Waals surface area contributed by atoms with E-state index < -0.39 is 0 Å². The molecule has 0 aromatic carbocycles. The van der Waals surface area contributed by atoms with Crippen LogP contribution in [0.3, 0.4) is 0 Å². The van der Waals surface area contributed by atoms with Crippen LogP contribution in [0.4, 0.5) is 0 Å². The van der Waals surface area contributed by atoms with E-state index in [0.29, 0.717) is 12.1 Å². The maximum Gasteiger partial charge on any atom is 0.191 e. The minimum Gasteiger partial charge on any atom is -0.468 e. The Morgan fingerprint density at radius 2 is 2.11 bits per heavy atom. The van der Waals surface area contributed by atoms with Gasteiger partial charge in [-0.05, 0) is 58.8 Å². The third-order valence-electron chi connectivity index (χ3n) is 5.76. The molecule has 7 heteroatoms. The molecule has 1 aromatic heterocycles. The normalized spacial score (nSPS) is 24.2. The van der Waals surface area contributed by atoms with E-state index in [0.717, 1.165) is 64.2 Å². The summed E-state index contributed by atoms with van der Waals surface area (Å²) in [5, 5.41) is 6.94. The number of nitrogens with one attached hydrogen (secondary N) is 2. The average Bonchev–Trinajstić information content (AvgIpc) is 3.41. The molecular weight excluding hydrogens is 354 g/mol. The van der Waals surface area contributed by atoms with E-state index in [4.69, 9.17) is 14.1 Å². The van der Waals surface area contributed by atoms with E-state index in [1.807, 2.05) is 6.07 Å². The monoisotopic (exact) mass is 391 g/mol. The Kier molecular flexibility index (Phi) is 8.18. The molecule has 2 aliphatic rings. The SMILES string of the molecule is CCNC(=NCC(C)N1CCOCC1C)NCC(c1ccco1)N1CCCC1. The Labute approximate surface area is 169 Å². The zero-order chi connectivity index (χ0) is 19.8. The van der Waals surface area contributed by atoms with Crippen LogP contribution in [0.2, 0.25) is 0 Å². The predicted octanol–water partition coefficient (Wildman–Crippen LogP) is 2.08. The number of guanidine groups is 1. The van der Waals surface area contributed by atoms with Crippen molar-refractivity contribution in [2.24, 2.45) is 4.99 Å². The van der Waals surface area contributed by atoms with Crippen LogP contribution in [0.5, 0.6) is 0 Å². The summed E-state index contributed by atoms with van der Waals surface area (Å²) in [5.41, 5.74) is 0. The summed E-state index contributed by atoms with van der Waals surface area (Å²) in [6, 6.07) is 5.15. The molecule has 2 N–H and O–H groups in total. The molecule has 1 aromatic rings. The fourth-order valence-electron chi connectivity index (χ4n) is 4.20. The Morgan fingerprint density at radius 1 is 1.29 bits per heavy atom. The lowest BCUT2D eigenvalue weighted by Gasteiger charge is -2.37. The number of morpholine rings is 1. The molecule has 28 heavy (non-hydrogen) atoms. The topological polar surface area (TPSA) is 65.3 Å². The summed E-state index contributed by atoms with van der Waals surface area (Å²) in [7, 11) is 0. The summed E-state index contributed by atoms with van der Waals surface area (Å²) in [4.78, 5) is 9.87. The average molecular weight is 392 g/mol. The first-order valence-electron chi connectivity index (χ1n) is 10.8. The van der Waals surface area contributed by atoms with Crippen LogP contribution in [-0.2, 0) is 4.74 Å². The molecule has 0 spiro atoms. The second-order valence-electron chi connectivity index (χ2n) is 7.89. The molecule has 2 aliphatic heterocycles. The van der Waals surface area contributed by atoms with Crippen molar-refractivity contribution in [2.45, 2.75) is 51.7 Å². The molecule has 3 unspecified atom stereocenters. The summed E-state index contributed by atoms with van der Waals surface area (Å²) in [5.74, 6) is 1.91. The minimum absolute atomic E-state index is 0.248. The Morgan fingerprint density at radius 3 is 2.79 bits per heavy atom. The van der Waals surface area contributed by atoms with Crippen molar-refractivity contribution in [2.75, 3.05) is 52.5 Å². The van der Waals surface area contributed by atoms with Gasteiger partial charge in [0, 0.05) is 31.7 Å². The molecule has 2 saturated heterocycles. The van der Waals surface area contributed by atoms with Gasteiger partial charge in [-0.3, -0.25) is 14.8 Å². The number of likely N-dealkylation sites (tertiary alicyclic amines) is 1. The second-order valence-corrected chi connectivity index (χ2v) is 7.89. The molecule has 0 saturated carbocycles. The zero-order valence-corrected chi connectivity index (χ0v) is 17.7. The molecule has 3 heterocycles. The lowest BCUT2D eigenvalue weighted by atomic mass is 10.2. The standard InChI is InChI=1S/C21H37N5O2/c1-4-22-21(23-14-17(2)26-11-13-27-16-18(26)3)24-15-19(20-8-7-12-28-20)25-9-5-6-10-25/h7-8,12,17-19H,4-6,9-11,13-16H2,1-3H3,(H2,22,23,24). The first kappa shape index (κ1) is 21.1. The van der Waals surface area contributed by atoms with E-state index in [9.17, 15) is 0 Å². The minimum atomic E-state index is 0.248. The number of rotatable bonds is 8. The largest absolute Gasteiger partial charge is 0.468 e. The van der Waals surface area contributed by atoms with Gasteiger partial charge in [-0.15, -0.1) is 0 Å². The van der Waals surface area contributed by atoms with Crippen molar-refractivity contribution in [1.82, 2.24) is 20.4 Å². The third kappa shape index (κ3) is 5.72. The zero-order valence-electron chi connectivity index (χ0n) is 17.7. The number of aliphatic imine (C=N–C) groups is 1. The summed E-state index contributed by atoms with van der Waals surface area (Å²) in [6.45, 7) is 13.9. The number of nitrogens with zero attached hydrogens (tertiary/aromatic N) is 3. The molecule has 3 atom stereocenters. The van der Waals surface area contributed by atoms with Crippen LogP contribution in [-0.4, -0.2) is 80.3 Å². The second kappa shape index (κ2) is 10.8. The molecule has 0 bridgehead atoms. The van der Waals surface area contributed by atoms with Crippen molar-refractivity contribution >= 4 is 5.96 Å². The van der Waals surface area contributed by atoms with Crippen LogP contribution in [0, 0.1) is 0 Å². The summed E-state index contributed by atoms with van der Waals surface area (Å²) in [6.07, 6.45) is 4.30. The third-order valence-corrected chi connectivity index (χ3v) is 5.76. The maximum atomic E-state index is 5.73. The molecule has 0 aliphatic carbocycles. The molecule has 158 valence electrons. The fourth-order valence-corrected chi connectivity index (χ4v) is 4.20. The molecule has 0 amide bonds. The highest BCUT2D eigenvalue weighted by Gasteiger charge is 2.26. The van der Waals surface area contributed by atoms with Crippen molar-refractivity contribution in [3.05, 3.63) is 24.2 Å². The lowest BCUT2D eigenvalue weighted by molar-refractivity contribution is -0.0165. The van der Waals surface area contributed by atoms with Crippen molar-refractivity contribution < 1.29 is 9.15 Å². The number of furan rings is 1. The van der Waals surface area contributed by atoms with E-state index in [-0.39, 0.29) is 6.04 Å². The van der Waals surface area contributed by atoms with Crippen LogP contribution < -0.4 is 10.6 Å². The number of hydrogen-bond acceptors (Lipinski definition) is 5. The van der Waals surface area contributed by atoms with E-state index in [1.165, 1.54) is 12.8 Å². The van der Waals surface area contributed by atoms with Gasteiger partial charge in [0.2, 0.25) is 0 Å². The van der Waals surface area contributed by atoms with E-state index >= 15 is 0 Å². The molecule has 3 rings (SSSR count). The van der Waals surface area contributed by atoms with Gasteiger partial charge in [0.15, 0.2) is 5.96 Å². The maximum absolute atomic E-state index is 5.73. The highest BCUT2D eigenvalue weighted by molar-refractivity contribution is 5.79. The van der Waals surface area contributed by atoms with Gasteiger partial charge in [0.05, 0.1) is 32.1 Å². The van der Waals surface area contributed by atoms with Crippen molar-refractivity contribution in [3.63, 3.8) is 0 Å². The smallest absolute Gasteiger partial charge is 0.191 e. The highest BCUT2D eigenvalue weighted by atomic mass is 16.5. The van der Waals surface area contributed by atoms with Crippen molar-refractivity contribution in [3.8, 4) is 0 Å². The van der Waals surface area contributed by atoms with Crippen molar-refractivity contribution in [1.29, 1.82) is 0 Å². The van der Waals surface area contributed by atoms with Gasteiger partial charge in [-0.1, -0.05) is 0 Å². The van der Waals surface area contributed by atoms with Crippen LogP contribution >= 0.6 is 0 Å². The Bertz CT molecular complexity index is 586. The molecule has 2 fully saturated rings. The number of hydrogen-bond donors (Lipinski definition) is 2. The van der Waals surface area contributed by atoms with E-state index in [1.54, 1.807) is 6.26 Å². The summed E-state index contributed by atoms with van der Waals surface area (Å²) >= 11 is 0. The molecule has 7 nitrogen and oxygen atoms in total. The fraction of sp³-hybridized carbons (Fsp3) is 0.762. The molecule has 0 radical (unpaired) electrons. The van der Waals surface area contributed by atoms with Gasteiger partial charge in [0.1, 0.15) is 5.76 Å². The van der Waals surface area contributed by atoms with Crippen LogP contribution in [0.25, 0.3) is 0 Å². The molecular formula is C21H37N5O2. The highest BCUT2D eigenvalue weighted by Crippen LogP contribution is 2.24. The van der Waals surface area contributed by atoms with Gasteiger partial charge in [0.25, 0.3) is 0 Å². The predicted molar refractivity (Wildman–Crippen MR) is 113 cm³/mol. The van der Waals surface area contributed by atoms with Gasteiger partial charge in [-0.2, -0.15) is 0 Å². The van der Waals surface area contributed by atoms with Gasteiger partial charge < -0.3 is 19.8 Å². The number of ether oxygens (including phenoxy) is 1. The first-order chi connectivity index (χ1) is 13.7. The lowest BCUT2D eigenvalue weighted by Crippen LogP contribution is -2.50. The first-order valence-corrected chi connectivity index (χ1v) is 10.8. The Hall–Kier alpha value is -1.57. The van der Waals surface area contributed by atoms with Crippen LogP contribution in [0.1, 0.15) is 45.4 Å². The van der Waals surface area contributed by atoms with Gasteiger partial charge in [-0.25, -0.2) is 0 Å². The quantitative estimate of drug-likeness (QED) is 0.523. The Balaban J connectivity index is 1.58. The summed E-state index contributed by atoms with van der Waals surface area (Å²) < 4.78 is 11.3. The van der Waals surface area contributed by atoms with Gasteiger partial charge >= 0.3 is 0 Å². The van der Waals surface area contributed by atoms with E-state index in [2.05, 4.69) is 47.3 Å².